The van der Waals surface area contributed by atoms with Crippen LogP contribution in [0.15, 0.2) is 67.1 Å². The van der Waals surface area contributed by atoms with Crippen LogP contribution in [0.5, 0.6) is 17.4 Å². The van der Waals surface area contributed by atoms with Gasteiger partial charge in [-0.25, -0.2) is 15.0 Å². The maximum Gasteiger partial charge on any atom is 0.219 e. The molecule has 1 aliphatic heterocycles. The van der Waals surface area contributed by atoms with Crippen molar-refractivity contribution in [2.24, 2.45) is 0 Å². The largest absolute Gasteiger partial charge is 0.496 e. The van der Waals surface area contributed by atoms with E-state index < -0.39 is 0 Å². The van der Waals surface area contributed by atoms with Gasteiger partial charge in [0.1, 0.15) is 23.6 Å². The maximum absolute atomic E-state index is 5.78. The van der Waals surface area contributed by atoms with E-state index in [1.165, 1.54) is 5.56 Å². The molecule has 0 saturated carbocycles. The average molecular weight is 428 g/mol. The molecule has 1 aliphatic rings. The highest BCUT2D eigenvalue weighted by molar-refractivity contribution is 5.92. The van der Waals surface area contributed by atoms with Gasteiger partial charge in [0, 0.05) is 30.0 Å². The Hall–Kier alpha value is -3.71. The van der Waals surface area contributed by atoms with E-state index in [2.05, 4.69) is 31.7 Å². The number of aromatic nitrogens is 3. The lowest BCUT2D eigenvalue weighted by molar-refractivity contribution is 0.393. The van der Waals surface area contributed by atoms with Gasteiger partial charge in [-0.05, 0) is 49.2 Å². The number of nitrogens with one attached hydrogen (secondary N) is 2. The van der Waals surface area contributed by atoms with Gasteiger partial charge in [-0.1, -0.05) is 18.2 Å². The standard InChI is InChI=1S/C25H25N5O2/c1-31-23-13-22-21(12-20(23)17-6-5-11-26-14-17)25(29-16-28-22)30-18-9-10-24(27-15-18)32-19-7-3-2-4-8-19/h2-4,7-10,12-13,15-17,26H,5-6,11,14H2,1H3,(H,28,29,30)/t17-/m1/s1. The number of piperidine rings is 1. The predicted octanol–water partition coefficient (Wildman–Crippen LogP) is 5.04. The third-order valence-corrected chi connectivity index (χ3v) is 5.69. The lowest BCUT2D eigenvalue weighted by Gasteiger charge is -2.25. The quantitative estimate of drug-likeness (QED) is 0.446. The second-order valence-electron chi connectivity index (χ2n) is 7.80. The fraction of sp³-hybridized carbons (Fsp3) is 0.240. The highest BCUT2D eigenvalue weighted by atomic mass is 16.5. The SMILES string of the molecule is COc1cc2ncnc(Nc3ccc(Oc4ccccc4)nc3)c2cc1[C@@H]1CCCNC1. The molecule has 0 unspecified atom stereocenters. The van der Waals surface area contributed by atoms with Crippen molar-refractivity contribution in [1.82, 2.24) is 20.3 Å². The van der Waals surface area contributed by atoms with Crippen LogP contribution in [-0.4, -0.2) is 35.2 Å². The number of anilines is 2. The average Bonchev–Trinajstić information content (AvgIpc) is 2.86. The smallest absolute Gasteiger partial charge is 0.219 e. The molecule has 162 valence electrons. The van der Waals surface area contributed by atoms with Crippen LogP contribution in [0.25, 0.3) is 10.9 Å². The minimum absolute atomic E-state index is 0.409. The summed E-state index contributed by atoms with van der Waals surface area (Å²) in [5, 5.41) is 7.82. The van der Waals surface area contributed by atoms with Crippen molar-refractivity contribution in [3.63, 3.8) is 0 Å². The van der Waals surface area contributed by atoms with E-state index in [-0.39, 0.29) is 0 Å². The van der Waals surface area contributed by atoms with Crippen LogP contribution in [0, 0.1) is 0 Å². The highest BCUT2D eigenvalue weighted by Crippen LogP contribution is 2.36. The Bertz CT molecular complexity index is 1190. The first-order valence-corrected chi connectivity index (χ1v) is 10.8. The zero-order valence-electron chi connectivity index (χ0n) is 17.9. The Labute approximate surface area is 186 Å². The normalized spacial score (nSPS) is 16.0. The summed E-state index contributed by atoms with van der Waals surface area (Å²) in [5.74, 6) is 3.31. The molecule has 5 rings (SSSR count). The predicted molar refractivity (Wildman–Crippen MR) is 125 cm³/mol. The van der Waals surface area contributed by atoms with Gasteiger partial charge in [0.05, 0.1) is 24.5 Å². The number of fused-ring (bicyclic) bond motifs is 1. The molecule has 2 N–H and O–H groups in total. The molecule has 2 aromatic carbocycles. The molecular formula is C25H25N5O2. The highest BCUT2D eigenvalue weighted by Gasteiger charge is 2.21. The summed E-state index contributed by atoms with van der Waals surface area (Å²) in [6, 6.07) is 17.5. The molecule has 7 heteroatoms. The second-order valence-corrected chi connectivity index (χ2v) is 7.80. The molecule has 4 aromatic rings. The lowest BCUT2D eigenvalue weighted by atomic mass is 9.90. The number of rotatable bonds is 6. The maximum atomic E-state index is 5.78. The first-order valence-electron chi connectivity index (χ1n) is 10.8. The molecule has 0 radical (unpaired) electrons. The summed E-state index contributed by atoms with van der Waals surface area (Å²) in [4.78, 5) is 13.4. The number of benzene rings is 2. The summed E-state index contributed by atoms with van der Waals surface area (Å²) in [6.07, 6.45) is 5.59. The summed E-state index contributed by atoms with van der Waals surface area (Å²) >= 11 is 0. The van der Waals surface area contributed by atoms with E-state index in [0.29, 0.717) is 11.8 Å². The Morgan fingerprint density at radius 2 is 1.94 bits per heavy atom. The Morgan fingerprint density at radius 3 is 2.69 bits per heavy atom. The zero-order chi connectivity index (χ0) is 21.8. The van der Waals surface area contributed by atoms with Crippen molar-refractivity contribution in [3.8, 4) is 17.4 Å². The van der Waals surface area contributed by atoms with E-state index in [4.69, 9.17) is 9.47 Å². The zero-order valence-corrected chi connectivity index (χ0v) is 17.9. The Kier molecular flexibility index (Phi) is 5.81. The Balaban J connectivity index is 1.42. The molecule has 7 nitrogen and oxygen atoms in total. The lowest BCUT2D eigenvalue weighted by Crippen LogP contribution is -2.28. The van der Waals surface area contributed by atoms with Crippen LogP contribution in [0.1, 0.15) is 24.3 Å². The van der Waals surface area contributed by atoms with Gasteiger partial charge >= 0.3 is 0 Å². The molecule has 1 saturated heterocycles. The van der Waals surface area contributed by atoms with Crippen LogP contribution in [0.3, 0.4) is 0 Å². The second kappa shape index (κ2) is 9.20. The number of ether oxygens (including phenoxy) is 2. The number of hydrogen-bond donors (Lipinski definition) is 2. The number of methoxy groups -OCH3 is 1. The van der Waals surface area contributed by atoms with Crippen molar-refractivity contribution in [2.45, 2.75) is 18.8 Å². The van der Waals surface area contributed by atoms with E-state index >= 15 is 0 Å². The summed E-state index contributed by atoms with van der Waals surface area (Å²) < 4.78 is 11.5. The van der Waals surface area contributed by atoms with Crippen LogP contribution < -0.4 is 20.1 Å². The van der Waals surface area contributed by atoms with Crippen molar-refractivity contribution in [1.29, 1.82) is 0 Å². The molecule has 0 aliphatic carbocycles. The minimum Gasteiger partial charge on any atom is -0.496 e. The van der Waals surface area contributed by atoms with Crippen molar-refractivity contribution < 1.29 is 9.47 Å². The van der Waals surface area contributed by atoms with Gasteiger partial charge < -0.3 is 20.1 Å². The summed E-state index contributed by atoms with van der Waals surface area (Å²) in [5.41, 5.74) is 2.85. The molecule has 0 spiro atoms. The van der Waals surface area contributed by atoms with E-state index in [9.17, 15) is 0 Å². The topological polar surface area (TPSA) is 81.2 Å². The van der Waals surface area contributed by atoms with Gasteiger partial charge in [-0.15, -0.1) is 0 Å². The van der Waals surface area contributed by atoms with Gasteiger partial charge in [-0.2, -0.15) is 0 Å². The molecule has 32 heavy (non-hydrogen) atoms. The van der Waals surface area contributed by atoms with Gasteiger partial charge in [-0.3, -0.25) is 0 Å². The van der Waals surface area contributed by atoms with Crippen LogP contribution >= 0.6 is 0 Å². The number of hydrogen-bond acceptors (Lipinski definition) is 7. The van der Waals surface area contributed by atoms with Crippen LogP contribution in [0.2, 0.25) is 0 Å². The van der Waals surface area contributed by atoms with Crippen LogP contribution in [-0.2, 0) is 0 Å². The van der Waals surface area contributed by atoms with Gasteiger partial charge in [0.2, 0.25) is 5.88 Å². The summed E-state index contributed by atoms with van der Waals surface area (Å²) in [6.45, 7) is 2.02. The molecular weight excluding hydrogens is 402 g/mol. The minimum atomic E-state index is 0.409. The van der Waals surface area contributed by atoms with Crippen molar-refractivity contribution >= 4 is 22.4 Å². The molecule has 0 bridgehead atoms. The first kappa shape index (κ1) is 20.2. The van der Waals surface area contributed by atoms with E-state index in [0.717, 1.165) is 59.8 Å². The first-order chi connectivity index (χ1) is 15.8. The molecule has 2 aromatic heterocycles. The molecule has 0 amide bonds. The Morgan fingerprint density at radius 1 is 1.03 bits per heavy atom. The van der Waals surface area contributed by atoms with Crippen LogP contribution in [0.4, 0.5) is 11.5 Å². The molecule has 1 atom stereocenters. The number of pyridine rings is 1. The van der Waals surface area contributed by atoms with Gasteiger partial charge in [0.25, 0.3) is 0 Å². The third kappa shape index (κ3) is 4.33. The van der Waals surface area contributed by atoms with E-state index in [1.807, 2.05) is 48.5 Å². The number of para-hydroxylation sites is 1. The van der Waals surface area contributed by atoms with E-state index in [1.54, 1.807) is 19.6 Å². The molecule has 1 fully saturated rings. The fourth-order valence-electron chi connectivity index (χ4n) is 4.07. The van der Waals surface area contributed by atoms with Gasteiger partial charge in [0.15, 0.2) is 0 Å². The number of nitrogens with zero attached hydrogens (tertiary/aromatic N) is 3. The van der Waals surface area contributed by atoms with Crippen molar-refractivity contribution in [3.05, 3.63) is 72.7 Å². The summed E-state index contributed by atoms with van der Waals surface area (Å²) in [7, 11) is 1.71. The monoisotopic (exact) mass is 427 g/mol. The third-order valence-electron chi connectivity index (χ3n) is 5.69. The van der Waals surface area contributed by atoms with Crippen molar-refractivity contribution in [2.75, 3.05) is 25.5 Å². The molecule has 3 heterocycles. The fourth-order valence-corrected chi connectivity index (χ4v) is 4.07.